The fourth-order valence-corrected chi connectivity index (χ4v) is 4.28. The molecule has 4 aromatic rings. The zero-order chi connectivity index (χ0) is 20.0. The van der Waals surface area contributed by atoms with Crippen LogP contribution in [-0.2, 0) is 4.79 Å². The average Bonchev–Trinajstić information content (AvgIpc) is 3.09. The van der Waals surface area contributed by atoms with Gasteiger partial charge in [-0.15, -0.1) is 0 Å². The number of anilines is 1. The highest BCUT2D eigenvalue weighted by Gasteiger charge is 2.33. The SMILES string of the molecule is COc1ccc(-n2nc(C)c3c2NC(=O)C[C@H]3c2cccc3ccccc23)cc1. The lowest BCUT2D eigenvalue weighted by Gasteiger charge is -2.25. The molecule has 1 aliphatic heterocycles. The first kappa shape index (κ1) is 17.5. The fraction of sp³-hybridized carbons (Fsp3) is 0.167. The minimum absolute atomic E-state index is 0.00472. The van der Waals surface area contributed by atoms with Crippen LogP contribution in [0.15, 0.2) is 66.7 Å². The van der Waals surface area contributed by atoms with Crippen LogP contribution in [0.25, 0.3) is 16.5 Å². The highest BCUT2D eigenvalue weighted by molar-refractivity contribution is 5.96. The van der Waals surface area contributed by atoms with Crippen LogP contribution in [0.2, 0.25) is 0 Å². The van der Waals surface area contributed by atoms with Crippen molar-refractivity contribution in [1.29, 1.82) is 0 Å². The quantitative estimate of drug-likeness (QED) is 0.552. The number of hydrogen-bond donors (Lipinski definition) is 1. The molecule has 0 unspecified atom stereocenters. The van der Waals surface area contributed by atoms with Crippen LogP contribution in [-0.4, -0.2) is 22.8 Å². The second kappa shape index (κ2) is 6.78. The van der Waals surface area contributed by atoms with Gasteiger partial charge in [-0.1, -0.05) is 42.5 Å². The van der Waals surface area contributed by atoms with Crippen molar-refractivity contribution in [2.75, 3.05) is 12.4 Å². The van der Waals surface area contributed by atoms with Gasteiger partial charge in [0.1, 0.15) is 11.6 Å². The van der Waals surface area contributed by atoms with Crippen LogP contribution in [0.5, 0.6) is 5.75 Å². The lowest BCUT2D eigenvalue weighted by Crippen LogP contribution is -2.25. The predicted molar refractivity (Wildman–Crippen MR) is 114 cm³/mol. The fourth-order valence-electron chi connectivity index (χ4n) is 4.28. The summed E-state index contributed by atoms with van der Waals surface area (Å²) in [5, 5.41) is 10.2. The molecule has 0 saturated carbocycles. The van der Waals surface area contributed by atoms with Crippen molar-refractivity contribution in [2.45, 2.75) is 19.3 Å². The molecule has 0 saturated heterocycles. The van der Waals surface area contributed by atoms with Gasteiger partial charge in [-0.25, -0.2) is 4.68 Å². The molecule has 1 aromatic heterocycles. The van der Waals surface area contributed by atoms with Gasteiger partial charge in [0.05, 0.1) is 18.5 Å². The van der Waals surface area contributed by atoms with Gasteiger partial charge in [0.25, 0.3) is 0 Å². The second-order valence-electron chi connectivity index (χ2n) is 7.33. The third-order valence-electron chi connectivity index (χ3n) is 5.62. The van der Waals surface area contributed by atoms with E-state index in [2.05, 4.69) is 35.6 Å². The Morgan fingerprint density at radius 2 is 1.79 bits per heavy atom. The lowest BCUT2D eigenvalue weighted by molar-refractivity contribution is -0.116. The van der Waals surface area contributed by atoms with Gasteiger partial charge in [0, 0.05) is 17.9 Å². The number of benzene rings is 3. The molecule has 1 aliphatic rings. The zero-order valence-corrected chi connectivity index (χ0v) is 16.3. The maximum absolute atomic E-state index is 12.7. The summed E-state index contributed by atoms with van der Waals surface area (Å²) in [6, 6.07) is 22.3. The summed E-state index contributed by atoms with van der Waals surface area (Å²) < 4.78 is 7.08. The highest BCUT2D eigenvalue weighted by atomic mass is 16.5. The van der Waals surface area contributed by atoms with Crippen LogP contribution in [0.3, 0.4) is 0 Å². The molecule has 0 spiro atoms. The van der Waals surface area contributed by atoms with Gasteiger partial charge in [-0.3, -0.25) is 4.79 Å². The maximum atomic E-state index is 12.7. The van der Waals surface area contributed by atoms with Crippen molar-refractivity contribution in [1.82, 2.24) is 9.78 Å². The van der Waals surface area contributed by atoms with E-state index in [0.29, 0.717) is 6.42 Å². The summed E-state index contributed by atoms with van der Waals surface area (Å²) in [7, 11) is 1.64. The van der Waals surface area contributed by atoms with Crippen molar-refractivity contribution >= 4 is 22.5 Å². The molecular weight excluding hydrogens is 362 g/mol. The normalized spacial score (nSPS) is 15.8. The first-order valence-electron chi connectivity index (χ1n) is 9.67. The van der Waals surface area contributed by atoms with Crippen LogP contribution < -0.4 is 10.1 Å². The standard InChI is InChI=1S/C24H21N3O2/c1-15-23-21(20-9-5-7-16-6-3-4-8-19(16)20)14-22(28)25-24(23)27(26-15)17-10-12-18(29-2)13-11-17/h3-13,21H,14H2,1-2H3,(H,25,28)/t21-/m0/s1. The highest BCUT2D eigenvalue weighted by Crippen LogP contribution is 2.42. The topological polar surface area (TPSA) is 56.1 Å². The van der Waals surface area contributed by atoms with E-state index in [1.54, 1.807) is 7.11 Å². The molecule has 0 bridgehead atoms. The second-order valence-corrected chi connectivity index (χ2v) is 7.33. The van der Waals surface area contributed by atoms with E-state index in [0.717, 1.165) is 34.1 Å². The van der Waals surface area contributed by atoms with E-state index in [9.17, 15) is 4.79 Å². The number of hydrogen-bond acceptors (Lipinski definition) is 3. The van der Waals surface area contributed by atoms with Gasteiger partial charge in [-0.05, 0) is 47.5 Å². The van der Waals surface area contributed by atoms with E-state index >= 15 is 0 Å². The Bertz CT molecular complexity index is 1220. The number of aryl methyl sites for hydroxylation is 1. The first-order valence-corrected chi connectivity index (χ1v) is 9.67. The smallest absolute Gasteiger partial charge is 0.226 e. The molecule has 0 radical (unpaired) electrons. The van der Waals surface area contributed by atoms with E-state index < -0.39 is 0 Å². The van der Waals surface area contributed by atoms with Crippen molar-refractivity contribution in [2.24, 2.45) is 0 Å². The number of amides is 1. The number of nitrogens with zero attached hydrogens (tertiary/aromatic N) is 2. The summed E-state index contributed by atoms with van der Waals surface area (Å²) in [6.07, 6.45) is 0.413. The summed E-state index contributed by atoms with van der Waals surface area (Å²) in [4.78, 5) is 12.7. The van der Waals surface area contributed by atoms with E-state index in [1.165, 1.54) is 10.8 Å². The van der Waals surface area contributed by atoms with Crippen LogP contribution in [0.4, 0.5) is 5.82 Å². The number of methoxy groups -OCH3 is 1. The van der Waals surface area contributed by atoms with Crippen molar-refractivity contribution in [3.05, 3.63) is 83.6 Å². The van der Waals surface area contributed by atoms with E-state index in [-0.39, 0.29) is 11.8 Å². The Morgan fingerprint density at radius 3 is 2.59 bits per heavy atom. The molecule has 5 heteroatoms. The Balaban J connectivity index is 1.69. The maximum Gasteiger partial charge on any atom is 0.226 e. The Hall–Kier alpha value is -3.60. The average molecular weight is 383 g/mol. The first-order chi connectivity index (χ1) is 14.2. The molecule has 3 aromatic carbocycles. The van der Waals surface area contributed by atoms with Gasteiger partial charge < -0.3 is 10.1 Å². The Morgan fingerprint density at radius 1 is 1.03 bits per heavy atom. The number of fused-ring (bicyclic) bond motifs is 2. The molecule has 0 aliphatic carbocycles. The molecule has 2 heterocycles. The molecular formula is C24H21N3O2. The molecule has 29 heavy (non-hydrogen) atoms. The van der Waals surface area contributed by atoms with Gasteiger partial charge in [-0.2, -0.15) is 5.10 Å². The summed E-state index contributed by atoms with van der Waals surface area (Å²) >= 11 is 0. The summed E-state index contributed by atoms with van der Waals surface area (Å²) in [5.41, 5.74) is 4.05. The van der Waals surface area contributed by atoms with Crippen LogP contribution >= 0.6 is 0 Å². The number of aromatic nitrogens is 2. The number of ether oxygens (including phenoxy) is 1. The van der Waals surface area contributed by atoms with Gasteiger partial charge >= 0.3 is 0 Å². The predicted octanol–water partition coefficient (Wildman–Crippen LogP) is 4.82. The van der Waals surface area contributed by atoms with Crippen molar-refractivity contribution in [3.8, 4) is 11.4 Å². The van der Waals surface area contributed by atoms with Crippen molar-refractivity contribution in [3.63, 3.8) is 0 Å². The summed E-state index contributed by atoms with van der Waals surface area (Å²) in [5.74, 6) is 1.51. The third-order valence-corrected chi connectivity index (χ3v) is 5.62. The van der Waals surface area contributed by atoms with Gasteiger partial charge in [0.2, 0.25) is 5.91 Å². The molecule has 144 valence electrons. The van der Waals surface area contributed by atoms with E-state index in [4.69, 9.17) is 9.84 Å². The molecule has 5 nitrogen and oxygen atoms in total. The molecule has 0 fully saturated rings. The van der Waals surface area contributed by atoms with Crippen LogP contribution in [0.1, 0.15) is 29.2 Å². The monoisotopic (exact) mass is 383 g/mol. The summed E-state index contributed by atoms with van der Waals surface area (Å²) in [6.45, 7) is 2.01. The number of carbonyl (C=O) groups excluding carboxylic acids is 1. The molecule has 1 amide bonds. The number of rotatable bonds is 3. The number of carbonyl (C=O) groups is 1. The Kier molecular flexibility index (Phi) is 4.09. The third kappa shape index (κ3) is 2.86. The molecule has 1 N–H and O–H groups in total. The van der Waals surface area contributed by atoms with Crippen molar-refractivity contribution < 1.29 is 9.53 Å². The zero-order valence-electron chi connectivity index (χ0n) is 16.3. The molecule has 1 atom stereocenters. The largest absolute Gasteiger partial charge is 0.497 e. The molecule has 5 rings (SSSR count). The van der Waals surface area contributed by atoms with E-state index in [1.807, 2.05) is 48.0 Å². The minimum Gasteiger partial charge on any atom is -0.497 e. The van der Waals surface area contributed by atoms with Gasteiger partial charge in [0.15, 0.2) is 0 Å². The lowest BCUT2D eigenvalue weighted by atomic mass is 9.83. The van der Waals surface area contributed by atoms with Crippen LogP contribution in [0, 0.1) is 6.92 Å². The Labute approximate surface area is 168 Å². The number of nitrogens with one attached hydrogen (secondary N) is 1. The minimum atomic E-state index is -0.0307.